The Hall–Kier alpha value is -0.220. The summed E-state index contributed by atoms with van der Waals surface area (Å²) in [6, 6.07) is 0. The van der Waals surface area contributed by atoms with Crippen LogP contribution in [-0.4, -0.2) is 27.6 Å². The van der Waals surface area contributed by atoms with Crippen molar-refractivity contribution in [3.05, 3.63) is 0 Å². The number of rotatable bonds is 13. The van der Waals surface area contributed by atoms with Crippen LogP contribution in [0.1, 0.15) is 104 Å². The van der Waals surface area contributed by atoms with Crippen molar-refractivity contribution in [1.82, 2.24) is 0 Å². The molecule has 0 spiro atoms. The molecular formula is C20H38O3S. The number of carbonyl (C=O) groups is 1. The first-order chi connectivity index (χ1) is 11.6. The molecule has 24 heavy (non-hydrogen) atoms. The summed E-state index contributed by atoms with van der Waals surface area (Å²) >= 11 is -0.843. The van der Waals surface area contributed by atoms with E-state index in [0.29, 0.717) is 0 Å². The molecule has 1 aliphatic rings. The van der Waals surface area contributed by atoms with E-state index in [0.717, 1.165) is 37.9 Å². The van der Waals surface area contributed by atoms with Crippen LogP contribution in [0.4, 0.5) is 0 Å². The SMILES string of the molecule is CCCCCCCCCCCC[S@@+]([O-])C1CCCCC1OC(C)=O. The zero-order valence-electron chi connectivity index (χ0n) is 15.9. The van der Waals surface area contributed by atoms with Gasteiger partial charge in [-0.3, -0.25) is 4.79 Å². The molecule has 2 unspecified atom stereocenters. The molecule has 4 heteroatoms. The molecule has 142 valence electrons. The molecule has 1 saturated carbocycles. The van der Waals surface area contributed by atoms with Crippen LogP contribution < -0.4 is 0 Å². The second-order valence-electron chi connectivity index (χ2n) is 7.24. The normalized spacial score (nSPS) is 22.3. The first-order valence-corrected chi connectivity index (χ1v) is 11.6. The van der Waals surface area contributed by atoms with Gasteiger partial charge in [-0.15, -0.1) is 0 Å². The van der Waals surface area contributed by atoms with Gasteiger partial charge in [0.15, 0.2) is 5.25 Å². The predicted molar refractivity (Wildman–Crippen MR) is 103 cm³/mol. The van der Waals surface area contributed by atoms with Crippen molar-refractivity contribution >= 4 is 17.1 Å². The van der Waals surface area contributed by atoms with E-state index in [4.69, 9.17) is 4.74 Å². The zero-order valence-corrected chi connectivity index (χ0v) is 16.7. The molecule has 3 atom stereocenters. The maximum Gasteiger partial charge on any atom is 0.303 e. The Kier molecular flexibility index (Phi) is 12.7. The zero-order chi connectivity index (χ0) is 17.6. The fraction of sp³-hybridized carbons (Fsp3) is 0.950. The third-order valence-corrected chi connectivity index (χ3v) is 6.90. The molecule has 1 fully saturated rings. The lowest BCUT2D eigenvalue weighted by Gasteiger charge is -2.32. The Morgan fingerprint density at radius 2 is 1.50 bits per heavy atom. The largest absolute Gasteiger partial charge is 0.616 e. The van der Waals surface area contributed by atoms with Crippen LogP contribution in [0.3, 0.4) is 0 Å². The highest BCUT2D eigenvalue weighted by Crippen LogP contribution is 2.28. The summed E-state index contributed by atoms with van der Waals surface area (Å²) in [7, 11) is 0. The van der Waals surface area contributed by atoms with Crippen LogP contribution in [0.15, 0.2) is 0 Å². The second kappa shape index (κ2) is 14.0. The summed E-state index contributed by atoms with van der Waals surface area (Å²) in [5.41, 5.74) is 0. The van der Waals surface area contributed by atoms with Gasteiger partial charge in [0.25, 0.3) is 0 Å². The highest BCUT2D eigenvalue weighted by atomic mass is 32.2. The summed E-state index contributed by atoms with van der Waals surface area (Å²) in [6.45, 7) is 3.71. The monoisotopic (exact) mass is 358 g/mol. The van der Waals surface area contributed by atoms with E-state index in [1.165, 1.54) is 64.7 Å². The van der Waals surface area contributed by atoms with Gasteiger partial charge in [-0.1, -0.05) is 58.3 Å². The highest BCUT2D eigenvalue weighted by Gasteiger charge is 2.35. The minimum atomic E-state index is -0.843. The van der Waals surface area contributed by atoms with Crippen molar-refractivity contribution in [3.63, 3.8) is 0 Å². The van der Waals surface area contributed by atoms with E-state index < -0.39 is 11.2 Å². The van der Waals surface area contributed by atoms with Crippen LogP contribution in [0, 0.1) is 0 Å². The average molecular weight is 359 g/mol. The fourth-order valence-electron chi connectivity index (χ4n) is 3.59. The molecule has 0 aromatic carbocycles. The van der Waals surface area contributed by atoms with Crippen molar-refractivity contribution < 1.29 is 14.1 Å². The van der Waals surface area contributed by atoms with E-state index in [1.807, 2.05) is 0 Å². The predicted octanol–water partition coefficient (Wildman–Crippen LogP) is 5.53. The summed E-state index contributed by atoms with van der Waals surface area (Å²) in [5, 5.41) is 0.0706. The summed E-state index contributed by atoms with van der Waals surface area (Å²) in [5.74, 6) is 0.543. The topological polar surface area (TPSA) is 49.4 Å². The summed E-state index contributed by atoms with van der Waals surface area (Å²) < 4.78 is 17.9. The molecule has 0 saturated heterocycles. The van der Waals surface area contributed by atoms with E-state index in [1.54, 1.807) is 0 Å². The molecule has 0 aromatic heterocycles. The Morgan fingerprint density at radius 1 is 0.958 bits per heavy atom. The van der Waals surface area contributed by atoms with Crippen LogP contribution in [0.5, 0.6) is 0 Å². The van der Waals surface area contributed by atoms with Gasteiger partial charge in [0, 0.05) is 6.92 Å². The van der Waals surface area contributed by atoms with Crippen LogP contribution in [-0.2, 0) is 20.7 Å². The smallest absolute Gasteiger partial charge is 0.303 e. The Balaban J connectivity index is 2.05. The Bertz CT molecular complexity index is 322. The standard InChI is InChI=1S/C20H38O3S/c1-3-4-5-6-7-8-9-10-11-14-17-24(22)20-16-13-12-15-19(20)23-18(2)21/h19-20H,3-17H2,1-2H3/t19?,20?,24-/m1/s1. The van der Waals surface area contributed by atoms with E-state index in [2.05, 4.69) is 6.92 Å². The molecule has 0 amide bonds. The number of esters is 1. The van der Waals surface area contributed by atoms with Crippen LogP contribution >= 0.6 is 0 Å². The lowest BCUT2D eigenvalue weighted by atomic mass is 9.97. The molecule has 3 nitrogen and oxygen atoms in total. The van der Waals surface area contributed by atoms with Gasteiger partial charge >= 0.3 is 5.97 Å². The second-order valence-corrected chi connectivity index (χ2v) is 9.01. The molecule has 1 aliphatic carbocycles. The van der Waals surface area contributed by atoms with Crippen molar-refractivity contribution in [2.75, 3.05) is 5.75 Å². The highest BCUT2D eigenvalue weighted by molar-refractivity contribution is 7.92. The maximum absolute atomic E-state index is 12.5. The van der Waals surface area contributed by atoms with Gasteiger partial charge < -0.3 is 9.29 Å². The van der Waals surface area contributed by atoms with Gasteiger partial charge in [-0.05, 0) is 49.7 Å². The Labute approximate surface area is 152 Å². The van der Waals surface area contributed by atoms with Crippen molar-refractivity contribution in [2.45, 2.75) is 115 Å². The first kappa shape index (κ1) is 21.8. The van der Waals surface area contributed by atoms with Gasteiger partial charge in [0.05, 0.1) is 0 Å². The average Bonchev–Trinajstić information content (AvgIpc) is 2.56. The van der Waals surface area contributed by atoms with Crippen LogP contribution in [0.25, 0.3) is 0 Å². The van der Waals surface area contributed by atoms with Gasteiger partial charge in [0.2, 0.25) is 0 Å². The lowest BCUT2D eigenvalue weighted by molar-refractivity contribution is -0.147. The molecule has 0 radical (unpaired) electrons. The molecule has 0 N–H and O–H groups in total. The van der Waals surface area contributed by atoms with E-state index in [-0.39, 0.29) is 17.3 Å². The molecule has 0 aliphatic heterocycles. The summed E-state index contributed by atoms with van der Waals surface area (Å²) in [4.78, 5) is 11.2. The van der Waals surface area contributed by atoms with Crippen LogP contribution in [0.2, 0.25) is 0 Å². The fourth-order valence-corrected chi connectivity index (χ4v) is 5.35. The quantitative estimate of drug-likeness (QED) is 0.247. The number of unbranched alkanes of at least 4 members (excludes halogenated alkanes) is 9. The van der Waals surface area contributed by atoms with E-state index >= 15 is 0 Å². The van der Waals surface area contributed by atoms with E-state index in [9.17, 15) is 9.35 Å². The maximum atomic E-state index is 12.5. The van der Waals surface area contributed by atoms with Crippen molar-refractivity contribution in [3.8, 4) is 0 Å². The molecule has 0 aromatic rings. The molecule has 1 rings (SSSR count). The third-order valence-electron chi connectivity index (χ3n) is 5.00. The molecule has 0 bridgehead atoms. The third kappa shape index (κ3) is 9.93. The van der Waals surface area contributed by atoms with Crippen molar-refractivity contribution in [1.29, 1.82) is 0 Å². The summed E-state index contributed by atoms with van der Waals surface area (Å²) in [6.07, 6.45) is 16.9. The van der Waals surface area contributed by atoms with Gasteiger partial charge in [-0.2, -0.15) is 0 Å². The van der Waals surface area contributed by atoms with Gasteiger partial charge in [-0.25, -0.2) is 0 Å². The van der Waals surface area contributed by atoms with Crippen molar-refractivity contribution in [2.24, 2.45) is 0 Å². The number of carbonyl (C=O) groups excluding carboxylic acids is 1. The number of hydrogen-bond acceptors (Lipinski definition) is 3. The number of ether oxygens (including phenoxy) is 1. The Morgan fingerprint density at radius 3 is 2.08 bits per heavy atom. The van der Waals surface area contributed by atoms with Gasteiger partial charge in [0.1, 0.15) is 11.9 Å². The molecular weight excluding hydrogens is 320 g/mol. The number of hydrogen-bond donors (Lipinski definition) is 0. The first-order valence-electron chi connectivity index (χ1n) is 10.2. The minimum absolute atomic E-state index is 0.0706. The molecule has 0 heterocycles. The minimum Gasteiger partial charge on any atom is -0.616 e. The lowest BCUT2D eigenvalue weighted by Crippen LogP contribution is -2.40.